The third-order valence-electron chi connectivity index (χ3n) is 9.07. The van der Waals surface area contributed by atoms with Gasteiger partial charge in [0.05, 0.1) is 17.7 Å². The second-order valence-electron chi connectivity index (χ2n) is 11.0. The van der Waals surface area contributed by atoms with E-state index in [4.69, 9.17) is 4.52 Å². The molecule has 2 aliphatic heterocycles. The highest BCUT2D eigenvalue weighted by Gasteiger charge is 2.63. The van der Waals surface area contributed by atoms with E-state index in [0.29, 0.717) is 31.6 Å². The number of aromatic hydroxyl groups is 1. The van der Waals surface area contributed by atoms with Crippen molar-refractivity contribution in [2.24, 2.45) is 5.92 Å². The predicted octanol–water partition coefficient (Wildman–Crippen LogP) is 2.82. The molecule has 1 aromatic carbocycles. The first-order valence-corrected chi connectivity index (χ1v) is 12.9. The number of nitrogens with zero attached hydrogens (tertiary/aromatic N) is 3. The summed E-state index contributed by atoms with van der Waals surface area (Å²) < 4.78 is 5.28. The molecule has 3 atom stereocenters. The largest absolute Gasteiger partial charge is 0.508 e. The summed E-state index contributed by atoms with van der Waals surface area (Å²) in [7, 11) is 0. The van der Waals surface area contributed by atoms with Crippen molar-refractivity contribution in [3.8, 4) is 5.75 Å². The molecular weight excluding hydrogens is 430 g/mol. The Labute approximate surface area is 200 Å². The van der Waals surface area contributed by atoms with Crippen LogP contribution < -0.4 is 0 Å². The first kappa shape index (κ1) is 22.1. The van der Waals surface area contributed by atoms with Crippen LogP contribution in [0.15, 0.2) is 28.8 Å². The maximum atomic E-state index is 13.2. The van der Waals surface area contributed by atoms with Crippen molar-refractivity contribution >= 4 is 5.91 Å². The molecule has 34 heavy (non-hydrogen) atoms. The molecular formula is C27H35N3O4. The van der Waals surface area contributed by atoms with Crippen LogP contribution in [0.5, 0.6) is 5.75 Å². The Morgan fingerprint density at radius 1 is 1.18 bits per heavy atom. The van der Waals surface area contributed by atoms with Gasteiger partial charge in [0, 0.05) is 43.6 Å². The molecule has 2 bridgehead atoms. The maximum absolute atomic E-state index is 13.2. The Kier molecular flexibility index (Phi) is 5.26. The number of rotatable bonds is 5. The number of hydrogen-bond acceptors (Lipinski definition) is 6. The molecule has 1 aromatic heterocycles. The van der Waals surface area contributed by atoms with E-state index < -0.39 is 11.0 Å². The van der Waals surface area contributed by atoms with Crippen molar-refractivity contribution in [1.82, 2.24) is 15.0 Å². The van der Waals surface area contributed by atoms with Crippen LogP contribution in [0.1, 0.15) is 61.6 Å². The topological polar surface area (TPSA) is 90.0 Å². The summed E-state index contributed by atoms with van der Waals surface area (Å²) >= 11 is 0. The number of hydrogen-bond donors (Lipinski definition) is 2. The number of aryl methyl sites for hydroxylation is 1. The molecule has 4 aliphatic rings. The summed E-state index contributed by atoms with van der Waals surface area (Å²) in [5.41, 5.74) is 1.64. The Balaban J connectivity index is 1.32. The van der Waals surface area contributed by atoms with Crippen LogP contribution in [-0.4, -0.2) is 68.9 Å². The van der Waals surface area contributed by atoms with Gasteiger partial charge in [-0.25, -0.2) is 0 Å². The van der Waals surface area contributed by atoms with Gasteiger partial charge in [-0.15, -0.1) is 0 Å². The lowest BCUT2D eigenvalue weighted by molar-refractivity contribution is -0.149. The minimum Gasteiger partial charge on any atom is -0.508 e. The number of amides is 1. The Hall–Kier alpha value is -2.38. The Morgan fingerprint density at radius 3 is 2.74 bits per heavy atom. The first-order chi connectivity index (χ1) is 16.4. The average molecular weight is 466 g/mol. The molecule has 2 aliphatic carbocycles. The van der Waals surface area contributed by atoms with Crippen LogP contribution in [-0.2, 0) is 29.5 Å². The van der Waals surface area contributed by atoms with Crippen molar-refractivity contribution in [3.63, 3.8) is 0 Å². The fourth-order valence-electron chi connectivity index (χ4n) is 6.99. The number of phenols is 1. The van der Waals surface area contributed by atoms with Gasteiger partial charge in [0.25, 0.3) is 0 Å². The lowest BCUT2D eigenvalue weighted by Gasteiger charge is -2.61. The zero-order chi connectivity index (χ0) is 23.5. The van der Waals surface area contributed by atoms with E-state index in [0.717, 1.165) is 49.6 Å². The molecule has 7 nitrogen and oxygen atoms in total. The summed E-state index contributed by atoms with van der Waals surface area (Å²) in [4.78, 5) is 17.7. The molecule has 7 heteroatoms. The summed E-state index contributed by atoms with van der Waals surface area (Å²) in [5, 5.41) is 26.9. The zero-order valence-electron chi connectivity index (χ0n) is 20.0. The third-order valence-corrected chi connectivity index (χ3v) is 9.07. The third kappa shape index (κ3) is 3.47. The second kappa shape index (κ2) is 8.09. The summed E-state index contributed by atoms with van der Waals surface area (Å²) in [6.45, 7) is 5.17. The Morgan fingerprint density at radius 2 is 1.97 bits per heavy atom. The SMILES string of the molecule is CCc1cc(CC(=O)N2CCC34CCN(CC5CC5)C(Cc5ccc(O)cc53)C4(O)CC2)no1. The molecule has 0 radical (unpaired) electrons. The van der Waals surface area contributed by atoms with E-state index in [1.165, 1.54) is 18.4 Å². The van der Waals surface area contributed by atoms with Crippen LogP contribution in [0.4, 0.5) is 0 Å². The number of carbonyl (C=O) groups is 1. The van der Waals surface area contributed by atoms with Gasteiger partial charge in [-0.3, -0.25) is 9.69 Å². The van der Waals surface area contributed by atoms with Crippen molar-refractivity contribution in [2.75, 3.05) is 26.2 Å². The number of aromatic nitrogens is 1. The van der Waals surface area contributed by atoms with E-state index in [-0.39, 0.29) is 24.1 Å². The first-order valence-electron chi connectivity index (χ1n) is 12.9. The quantitative estimate of drug-likeness (QED) is 0.706. The number of fused-ring (bicyclic) bond motifs is 1. The van der Waals surface area contributed by atoms with E-state index >= 15 is 0 Å². The van der Waals surface area contributed by atoms with Crippen molar-refractivity contribution in [2.45, 2.75) is 75.3 Å². The smallest absolute Gasteiger partial charge is 0.228 e. The van der Waals surface area contributed by atoms with E-state index in [1.54, 1.807) is 6.07 Å². The summed E-state index contributed by atoms with van der Waals surface area (Å²) in [6.07, 6.45) is 6.48. The van der Waals surface area contributed by atoms with Gasteiger partial charge in [0.2, 0.25) is 5.91 Å². The van der Waals surface area contributed by atoms with Crippen LogP contribution >= 0.6 is 0 Å². The zero-order valence-corrected chi connectivity index (χ0v) is 20.0. The van der Waals surface area contributed by atoms with Gasteiger partial charge in [-0.2, -0.15) is 0 Å². The molecule has 1 saturated carbocycles. The number of aliphatic hydroxyl groups is 1. The van der Waals surface area contributed by atoms with Gasteiger partial charge in [-0.1, -0.05) is 18.1 Å². The minimum atomic E-state index is -0.917. The highest BCUT2D eigenvalue weighted by atomic mass is 16.5. The van der Waals surface area contributed by atoms with Crippen LogP contribution in [0.25, 0.3) is 0 Å². The molecule has 2 aromatic rings. The molecule has 0 spiro atoms. The van der Waals surface area contributed by atoms with Gasteiger partial charge < -0.3 is 19.6 Å². The molecule has 2 saturated heterocycles. The van der Waals surface area contributed by atoms with Gasteiger partial charge in [0.15, 0.2) is 0 Å². The molecule has 182 valence electrons. The highest BCUT2D eigenvalue weighted by Crippen LogP contribution is 2.56. The Bertz CT molecular complexity index is 1100. The molecule has 3 heterocycles. The van der Waals surface area contributed by atoms with Gasteiger partial charge >= 0.3 is 0 Å². The molecule has 6 rings (SSSR count). The second-order valence-corrected chi connectivity index (χ2v) is 11.0. The fourth-order valence-corrected chi connectivity index (χ4v) is 6.99. The molecule has 3 unspecified atom stereocenters. The normalized spacial score (nSPS) is 31.0. The molecule has 1 amide bonds. The number of benzene rings is 1. The van der Waals surface area contributed by atoms with Crippen molar-refractivity contribution in [3.05, 3.63) is 46.8 Å². The van der Waals surface area contributed by atoms with Crippen LogP contribution in [0.2, 0.25) is 0 Å². The molecule has 2 N–H and O–H groups in total. The van der Waals surface area contributed by atoms with Crippen molar-refractivity contribution < 1.29 is 19.5 Å². The van der Waals surface area contributed by atoms with Crippen molar-refractivity contribution in [1.29, 1.82) is 0 Å². The monoisotopic (exact) mass is 465 g/mol. The number of phenolic OH excluding ortho intramolecular Hbond substituents is 1. The van der Waals surface area contributed by atoms with E-state index in [2.05, 4.69) is 10.1 Å². The number of likely N-dealkylation sites (tertiary alicyclic amines) is 2. The van der Waals surface area contributed by atoms with Gasteiger partial charge in [0.1, 0.15) is 11.5 Å². The fraction of sp³-hybridized carbons (Fsp3) is 0.630. The maximum Gasteiger partial charge on any atom is 0.228 e. The summed E-state index contributed by atoms with van der Waals surface area (Å²) in [5.74, 6) is 1.84. The molecule has 3 fully saturated rings. The lowest BCUT2D eigenvalue weighted by Crippen LogP contribution is -2.71. The number of carbonyl (C=O) groups excluding carboxylic acids is 1. The van der Waals surface area contributed by atoms with Crippen LogP contribution in [0, 0.1) is 5.92 Å². The standard InChI is InChI=1S/C27H35N3O4/c1-2-22-14-20(28-34-22)15-25(32)29-10-7-26-8-11-30(17-18-3-4-18)24(27(26,33)9-12-29)13-19-5-6-21(31)16-23(19)26/h5-6,14,16,18,24,31,33H,2-4,7-13,15,17H2,1H3. The lowest BCUT2D eigenvalue weighted by atomic mass is 9.52. The van der Waals surface area contributed by atoms with E-state index in [1.807, 2.05) is 30.0 Å². The minimum absolute atomic E-state index is 0.0371. The van der Waals surface area contributed by atoms with Gasteiger partial charge in [-0.05, 0) is 74.2 Å². The predicted molar refractivity (Wildman–Crippen MR) is 127 cm³/mol. The summed E-state index contributed by atoms with van der Waals surface area (Å²) in [6, 6.07) is 7.62. The number of piperidine rings is 1. The highest BCUT2D eigenvalue weighted by molar-refractivity contribution is 5.78. The average Bonchev–Trinajstić information content (AvgIpc) is 3.55. The van der Waals surface area contributed by atoms with E-state index in [9.17, 15) is 15.0 Å². The van der Waals surface area contributed by atoms with Crippen LogP contribution in [0.3, 0.4) is 0 Å².